The van der Waals surface area contributed by atoms with Crippen molar-refractivity contribution in [3.8, 4) is 0 Å². The third-order valence-corrected chi connectivity index (χ3v) is 4.96. The highest BCUT2D eigenvalue weighted by Crippen LogP contribution is 2.42. The van der Waals surface area contributed by atoms with Crippen molar-refractivity contribution in [2.75, 3.05) is 4.90 Å². The first-order valence-electron chi connectivity index (χ1n) is 7.30. The Bertz CT molecular complexity index is 672. The lowest BCUT2D eigenvalue weighted by molar-refractivity contribution is -0.122. The molecule has 3 atom stereocenters. The van der Waals surface area contributed by atoms with E-state index in [0.717, 1.165) is 11.3 Å². The highest BCUT2D eigenvalue weighted by Gasteiger charge is 2.50. The van der Waals surface area contributed by atoms with Crippen LogP contribution in [0.25, 0.3) is 0 Å². The van der Waals surface area contributed by atoms with E-state index in [1.165, 1.54) is 18.2 Å². The molecule has 0 aromatic heterocycles. The molecule has 1 saturated carbocycles. The zero-order chi connectivity index (χ0) is 16.0. The van der Waals surface area contributed by atoms with Gasteiger partial charge in [-0.25, -0.2) is 4.79 Å². The maximum atomic E-state index is 12.6. The standard InChI is InChI=1S/C16H16ClNO4/c1-8-2-4-10-11(6-8)15(20)18(14(10)19)9-3-5-13(17)12(7-9)16(21)22/h3,5,7-8,10-11H,2,4,6H2,1H3,(H,21,22)/t8-,10+,11+/m1/s1. The van der Waals surface area contributed by atoms with Crippen molar-refractivity contribution in [3.05, 3.63) is 28.8 Å². The Morgan fingerprint density at radius 2 is 1.91 bits per heavy atom. The maximum absolute atomic E-state index is 12.6. The van der Waals surface area contributed by atoms with E-state index in [1.807, 2.05) is 0 Å². The molecule has 0 spiro atoms. The van der Waals surface area contributed by atoms with E-state index in [9.17, 15) is 14.4 Å². The van der Waals surface area contributed by atoms with Gasteiger partial charge < -0.3 is 5.11 Å². The molecule has 1 aliphatic carbocycles. The monoisotopic (exact) mass is 321 g/mol. The van der Waals surface area contributed by atoms with E-state index >= 15 is 0 Å². The van der Waals surface area contributed by atoms with Crippen LogP contribution in [0, 0.1) is 17.8 Å². The molecule has 2 amide bonds. The van der Waals surface area contributed by atoms with E-state index in [4.69, 9.17) is 16.7 Å². The third-order valence-electron chi connectivity index (χ3n) is 4.63. The molecule has 1 saturated heterocycles. The number of carbonyl (C=O) groups excluding carboxylic acids is 2. The summed E-state index contributed by atoms with van der Waals surface area (Å²) >= 11 is 5.84. The zero-order valence-electron chi connectivity index (χ0n) is 12.1. The average molecular weight is 322 g/mol. The van der Waals surface area contributed by atoms with Crippen molar-refractivity contribution in [2.24, 2.45) is 17.8 Å². The summed E-state index contributed by atoms with van der Waals surface area (Å²) in [7, 11) is 0. The number of halogens is 1. The van der Waals surface area contributed by atoms with E-state index in [1.54, 1.807) is 0 Å². The van der Waals surface area contributed by atoms with Crippen molar-refractivity contribution in [1.82, 2.24) is 0 Å². The normalized spacial score (nSPS) is 27.9. The molecule has 1 aromatic rings. The predicted molar refractivity (Wildman–Crippen MR) is 80.9 cm³/mol. The van der Waals surface area contributed by atoms with Crippen LogP contribution in [0.3, 0.4) is 0 Å². The Balaban J connectivity index is 1.98. The summed E-state index contributed by atoms with van der Waals surface area (Å²) in [6, 6.07) is 4.22. The molecule has 5 nitrogen and oxygen atoms in total. The summed E-state index contributed by atoms with van der Waals surface area (Å²) in [4.78, 5) is 37.4. The summed E-state index contributed by atoms with van der Waals surface area (Å²) in [5, 5.41) is 9.22. The number of carboxylic acid groups (broad SMARTS) is 1. The van der Waals surface area contributed by atoms with Crippen LogP contribution in [0.15, 0.2) is 18.2 Å². The SMILES string of the molecule is C[C@@H]1CC[C@@H]2C(=O)N(c3ccc(Cl)c(C(=O)O)c3)C(=O)[C@H]2C1. The van der Waals surface area contributed by atoms with Crippen molar-refractivity contribution in [1.29, 1.82) is 0 Å². The van der Waals surface area contributed by atoms with Gasteiger partial charge in [0, 0.05) is 0 Å². The minimum absolute atomic E-state index is 0.0846. The molecule has 3 rings (SSSR count). The third kappa shape index (κ3) is 2.29. The first-order chi connectivity index (χ1) is 10.4. The fourth-order valence-electron chi connectivity index (χ4n) is 3.46. The van der Waals surface area contributed by atoms with Gasteiger partial charge in [-0.15, -0.1) is 0 Å². The number of fused-ring (bicyclic) bond motifs is 1. The fourth-order valence-corrected chi connectivity index (χ4v) is 3.66. The van der Waals surface area contributed by atoms with Gasteiger partial charge in [0.2, 0.25) is 11.8 Å². The number of nitrogens with zero attached hydrogens (tertiary/aromatic N) is 1. The first kappa shape index (κ1) is 15.0. The molecule has 0 unspecified atom stereocenters. The van der Waals surface area contributed by atoms with Crippen LogP contribution in [0.2, 0.25) is 5.02 Å². The largest absolute Gasteiger partial charge is 0.478 e. The molecule has 1 N–H and O–H groups in total. The minimum atomic E-state index is -1.18. The van der Waals surface area contributed by atoms with Crippen LogP contribution in [0.5, 0.6) is 0 Å². The number of imide groups is 1. The number of amides is 2. The molecule has 22 heavy (non-hydrogen) atoms. The average Bonchev–Trinajstić information content (AvgIpc) is 2.71. The molecule has 2 aliphatic rings. The Labute approximate surface area is 132 Å². The van der Waals surface area contributed by atoms with Crippen molar-refractivity contribution in [2.45, 2.75) is 26.2 Å². The number of rotatable bonds is 2. The first-order valence-corrected chi connectivity index (χ1v) is 7.68. The molecule has 6 heteroatoms. The molecule has 1 aliphatic heterocycles. The molecule has 116 valence electrons. The molecule has 1 heterocycles. The van der Waals surface area contributed by atoms with Gasteiger partial charge in [-0.1, -0.05) is 18.5 Å². The van der Waals surface area contributed by atoms with Crippen molar-refractivity contribution in [3.63, 3.8) is 0 Å². The molecular weight excluding hydrogens is 306 g/mol. The number of carbonyl (C=O) groups is 3. The second-order valence-electron chi connectivity index (χ2n) is 6.11. The second kappa shape index (κ2) is 5.39. The topological polar surface area (TPSA) is 74.7 Å². The highest BCUT2D eigenvalue weighted by molar-refractivity contribution is 6.34. The number of hydrogen-bond acceptors (Lipinski definition) is 3. The van der Waals surface area contributed by atoms with Gasteiger partial charge >= 0.3 is 5.97 Å². The van der Waals surface area contributed by atoms with Crippen molar-refractivity contribution >= 4 is 35.1 Å². The van der Waals surface area contributed by atoms with Gasteiger partial charge in [0.1, 0.15) is 0 Å². The van der Waals surface area contributed by atoms with Gasteiger partial charge in [-0.05, 0) is 43.4 Å². The highest BCUT2D eigenvalue weighted by atomic mass is 35.5. The summed E-state index contributed by atoms with van der Waals surface area (Å²) < 4.78 is 0. The Hall–Kier alpha value is -1.88. The van der Waals surface area contributed by atoms with E-state index in [2.05, 4.69) is 6.92 Å². The van der Waals surface area contributed by atoms with Crippen LogP contribution >= 0.6 is 11.6 Å². The number of anilines is 1. The van der Waals surface area contributed by atoms with Crippen LogP contribution in [0.1, 0.15) is 36.5 Å². The lowest BCUT2D eigenvalue weighted by Crippen LogP contribution is -2.31. The Kier molecular flexibility index (Phi) is 3.68. The summed E-state index contributed by atoms with van der Waals surface area (Å²) in [5.74, 6) is -1.75. The van der Waals surface area contributed by atoms with Gasteiger partial charge in [0.15, 0.2) is 0 Å². The Morgan fingerprint density at radius 1 is 1.23 bits per heavy atom. The molecule has 1 aromatic carbocycles. The van der Waals surface area contributed by atoms with Gasteiger partial charge in [0.05, 0.1) is 28.1 Å². The number of aromatic carboxylic acids is 1. The van der Waals surface area contributed by atoms with E-state index < -0.39 is 5.97 Å². The van der Waals surface area contributed by atoms with Gasteiger partial charge in [-0.3, -0.25) is 14.5 Å². The van der Waals surface area contributed by atoms with Crippen LogP contribution in [-0.2, 0) is 9.59 Å². The number of carboxylic acids is 1. The Morgan fingerprint density at radius 3 is 2.59 bits per heavy atom. The van der Waals surface area contributed by atoms with E-state index in [-0.39, 0.29) is 34.2 Å². The lowest BCUT2D eigenvalue weighted by Gasteiger charge is -2.25. The molecular formula is C16H16ClNO4. The zero-order valence-corrected chi connectivity index (χ0v) is 12.8. The van der Waals surface area contributed by atoms with Gasteiger partial charge in [-0.2, -0.15) is 0 Å². The number of benzene rings is 1. The smallest absolute Gasteiger partial charge is 0.337 e. The van der Waals surface area contributed by atoms with Crippen LogP contribution in [0.4, 0.5) is 5.69 Å². The van der Waals surface area contributed by atoms with Gasteiger partial charge in [0.25, 0.3) is 0 Å². The summed E-state index contributed by atoms with van der Waals surface area (Å²) in [5.41, 5.74) is 0.182. The quantitative estimate of drug-likeness (QED) is 0.850. The molecule has 0 radical (unpaired) electrons. The predicted octanol–water partition coefficient (Wildman–Crippen LogP) is 2.96. The maximum Gasteiger partial charge on any atom is 0.337 e. The molecule has 0 bridgehead atoms. The summed E-state index contributed by atoms with van der Waals surface area (Å²) in [6.45, 7) is 2.08. The fraction of sp³-hybridized carbons (Fsp3) is 0.438. The molecule has 2 fully saturated rings. The lowest BCUT2D eigenvalue weighted by atomic mass is 9.76. The van der Waals surface area contributed by atoms with E-state index in [0.29, 0.717) is 24.4 Å². The number of hydrogen-bond donors (Lipinski definition) is 1. The minimum Gasteiger partial charge on any atom is -0.478 e. The second-order valence-corrected chi connectivity index (χ2v) is 6.52. The van der Waals surface area contributed by atoms with Crippen LogP contribution in [-0.4, -0.2) is 22.9 Å². The van der Waals surface area contributed by atoms with Crippen molar-refractivity contribution < 1.29 is 19.5 Å². The summed E-state index contributed by atoms with van der Waals surface area (Å²) in [6.07, 6.45) is 2.37. The van der Waals surface area contributed by atoms with Crippen LogP contribution < -0.4 is 4.90 Å².